The van der Waals surface area contributed by atoms with Crippen LogP contribution in [-0.2, 0) is 20.8 Å². The van der Waals surface area contributed by atoms with Gasteiger partial charge < -0.3 is 26.5 Å². The Morgan fingerprint density at radius 2 is 2.04 bits per heavy atom. The summed E-state index contributed by atoms with van der Waals surface area (Å²) in [6.45, 7) is 0.958. The van der Waals surface area contributed by atoms with Crippen molar-refractivity contribution in [1.29, 1.82) is 0 Å². The zero-order valence-corrected chi connectivity index (χ0v) is 15.0. The Hall–Kier alpha value is -2.25. The molecule has 7 nitrogen and oxygen atoms in total. The molecule has 142 valence electrons. The molecule has 2 amide bonds. The van der Waals surface area contributed by atoms with Crippen LogP contribution in [0.5, 0.6) is 0 Å². The molecule has 0 bridgehead atoms. The summed E-state index contributed by atoms with van der Waals surface area (Å²) in [7, 11) is 0. The molecule has 2 rings (SSSR count). The largest absolute Gasteiger partial charge is 0.343 e. The molecule has 0 saturated carbocycles. The lowest BCUT2D eigenvalue weighted by atomic mass is 10.0. The van der Waals surface area contributed by atoms with Gasteiger partial charge in [-0.15, -0.1) is 0 Å². The van der Waals surface area contributed by atoms with Crippen molar-refractivity contribution in [3.05, 3.63) is 35.9 Å². The second-order valence-corrected chi connectivity index (χ2v) is 6.67. The number of carbonyl (C=O) groups is 3. The lowest BCUT2D eigenvalue weighted by Gasteiger charge is -2.27. The Kier molecular flexibility index (Phi) is 7.74. The van der Waals surface area contributed by atoms with Crippen LogP contribution in [-0.4, -0.2) is 54.2 Å². The van der Waals surface area contributed by atoms with E-state index < -0.39 is 18.1 Å². The van der Waals surface area contributed by atoms with Gasteiger partial charge in [-0.25, -0.2) is 0 Å². The third kappa shape index (κ3) is 5.37. The molecule has 1 aromatic rings. The molecule has 1 fully saturated rings. The van der Waals surface area contributed by atoms with Gasteiger partial charge in [0.1, 0.15) is 12.3 Å². The molecule has 1 saturated heterocycles. The predicted octanol–water partition coefficient (Wildman–Crippen LogP) is -0.0300. The van der Waals surface area contributed by atoms with Gasteiger partial charge in [-0.2, -0.15) is 0 Å². The van der Waals surface area contributed by atoms with Crippen LogP contribution >= 0.6 is 0 Å². The van der Waals surface area contributed by atoms with Gasteiger partial charge >= 0.3 is 0 Å². The maximum absolute atomic E-state index is 12.8. The van der Waals surface area contributed by atoms with E-state index in [0.29, 0.717) is 38.8 Å². The Morgan fingerprint density at radius 1 is 1.31 bits per heavy atom. The number of nitrogens with two attached hydrogens (primary N) is 2. The topological polar surface area (TPSA) is 119 Å². The van der Waals surface area contributed by atoms with E-state index in [1.165, 1.54) is 0 Å². The molecule has 1 heterocycles. The molecule has 0 aliphatic carbocycles. The van der Waals surface area contributed by atoms with Crippen LogP contribution in [0.1, 0.15) is 31.2 Å². The minimum Gasteiger partial charge on any atom is -0.343 e. The highest BCUT2D eigenvalue weighted by molar-refractivity contribution is 5.91. The average molecular weight is 360 g/mol. The number of likely N-dealkylation sites (tertiary alicyclic amines) is 1. The number of carbonyl (C=O) groups excluding carboxylic acids is 3. The second kappa shape index (κ2) is 10.0. The minimum absolute atomic E-state index is 0.228. The van der Waals surface area contributed by atoms with Crippen LogP contribution in [0.4, 0.5) is 0 Å². The lowest BCUT2D eigenvalue weighted by molar-refractivity contribution is -0.139. The van der Waals surface area contributed by atoms with Crippen molar-refractivity contribution in [3.63, 3.8) is 0 Å². The van der Waals surface area contributed by atoms with E-state index in [1.807, 2.05) is 30.3 Å². The molecule has 1 aromatic carbocycles. The van der Waals surface area contributed by atoms with E-state index in [-0.39, 0.29) is 11.8 Å². The summed E-state index contributed by atoms with van der Waals surface area (Å²) >= 11 is 0. The summed E-state index contributed by atoms with van der Waals surface area (Å²) in [5.74, 6) is -0.598. The van der Waals surface area contributed by atoms with Crippen molar-refractivity contribution >= 4 is 18.1 Å². The summed E-state index contributed by atoms with van der Waals surface area (Å²) in [5, 5.41) is 2.77. The zero-order chi connectivity index (χ0) is 18.9. The first-order valence-electron chi connectivity index (χ1n) is 9.12. The predicted molar refractivity (Wildman–Crippen MR) is 99.1 cm³/mol. The molecule has 7 heteroatoms. The first-order valence-corrected chi connectivity index (χ1v) is 9.12. The van der Waals surface area contributed by atoms with Gasteiger partial charge in [-0.05, 0) is 44.2 Å². The van der Waals surface area contributed by atoms with Gasteiger partial charge in [0.2, 0.25) is 11.8 Å². The summed E-state index contributed by atoms with van der Waals surface area (Å²) in [5.41, 5.74) is 12.5. The monoisotopic (exact) mass is 360 g/mol. The smallest absolute Gasteiger partial charge is 0.245 e. The van der Waals surface area contributed by atoms with E-state index in [2.05, 4.69) is 5.32 Å². The van der Waals surface area contributed by atoms with E-state index in [1.54, 1.807) is 4.90 Å². The first-order chi connectivity index (χ1) is 12.6. The number of hydrogen-bond acceptors (Lipinski definition) is 5. The van der Waals surface area contributed by atoms with Gasteiger partial charge in [-0.3, -0.25) is 9.59 Å². The number of rotatable bonds is 9. The van der Waals surface area contributed by atoms with Crippen molar-refractivity contribution in [2.45, 2.75) is 50.2 Å². The average Bonchev–Trinajstić information content (AvgIpc) is 3.13. The third-order valence-electron chi connectivity index (χ3n) is 4.69. The number of nitrogens with zero attached hydrogens (tertiary/aromatic N) is 1. The Bertz CT molecular complexity index is 608. The van der Waals surface area contributed by atoms with Crippen molar-refractivity contribution < 1.29 is 14.4 Å². The molecular weight excluding hydrogens is 332 g/mol. The number of hydrogen-bond donors (Lipinski definition) is 3. The molecule has 1 aliphatic rings. The maximum Gasteiger partial charge on any atom is 0.245 e. The first kappa shape index (κ1) is 20.1. The molecule has 1 aliphatic heterocycles. The molecule has 3 atom stereocenters. The lowest BCUT2D eigenvalue weighted by Crippen LogP contribution is -2.54. The number of amides is 2. The van der Waals surface area contributed by atoms with E-state index in [9.17, 15) is 14.4 Å². The van der Waals surface area contributed by atoms with E-state index in [4.69, 9.17) is 11.5 Å². The summed E-state index contributed by atoms with van der Waals surface area (Å²) in [4.78, 5) is 38.0. The quantitative estimate of drug-likeness (QED) is 0.535. The van der Waals surface area contributed by atoms with Crippen molar-refractivity contribution in [1.82, 2.24) is 10.2 Å². The summed E-state index contributed by atoms with van der Waals surface area (Å²) < 4.78 is 0. The summed E-state index contributed by atoms with van der Waals surface area (Å²) in [6.07, 6.45) is 3.69. The summed E-state index contributed by atoms with van der Waals surface area (Å²) in [6, 6.07) is 7.64. The highest BCUT2D eigenvalue weighted by Gasteiger charge is 2.33. The van der Waals surface area contributed by atoms with Crippen LogP contribution in [0.3, 0.4) is 0 Å². The van der Waals surface area contributed by atoms with Crippen molar-refractivity contribution in [2.75, 3.05) is 13.1 Å². The van der Waals surface area contributed by atoms with E-state index in [0.717, 1.165) is 18.3 Å². The Balaban J connectivity index is 2.00. The molecule has 5 N–H and O–H groups in total. The fourth-order valence-electron chi connectivity index (χ4n) is 3.23. The van der Waals surface area contributed by atoms with Crippen LogP contribution in [0, 0.1) is 0 Å². The number of benzene rings is 1. The Morgan fingerprint density at radius 3 is 2.69 bits per heavy atom. The van der Waals surface area contributed by atoms with Gasteiger partial charge in [-0.1, -0.05) is 30.3 Å². The van der Waals surface area contributed by atoms with Gasteiger partial charge in [0.15, 0.2) is 0 Å². The minimum atomic E-state index is -0.744. The van der Waals surface area contributed by atoms with Gasteiger partial charge in [0, 0.05) is 6.54 Å². The standard InChI is InChI=1S/C19H28N4O3/c20-10-4-9-17(19(26)23-11-5-8-15(23)13-24)22-18(25)16(21)12-14-6-2-1-3-7-14/h1-3,6-7,13,15-17H,4-5,8-12,20-21H2,(H,22,25)/t15-,16-,17-/m0/s1. The molecule has 0 radical (unpaired) electrons. The maximum atomic E-state index is 12.8. The van der Waals surface area contributed by atoms with Crippen LogP contribution in [0.25, 0.3) is 0 Å². The van der Waals surface area contributed by atoms with Crippen LogP contribution < -0.4 is 16.8 Å². The van der Waals surface area contributed by atoms with Crippen molar-refractivity contribution in [2.24, 2.45) is 11.5 Å². The van der Waals surface area contributed by atoms with Gasteiger partial charge in [0.25, 0.3) is 0 Å². The molecule has 0 aromatic heterocycles. The number of aldehydes is 1. The van der Waals surface area contributed by atoms with Crippen molar-refractivity contribution in [3.8, 4) is 0 Å². The van der Waals surface area contributed by atoms with Crippen LogP contribution in [0.15, 0.2) is 30.3 Å². The Labute approximate surface area is 154 Å². The fraction of sp³-hybridized carbons (Fsp3) is 0.526. The molecule has 0 spiro atoms. The normalized spacial score (nSPS) is 19.0. The van der Waals surface area contributed by atoms with Gasteiger partial charge in [0.05, 0.1) is 12.1 Å². The number of nitrogens with one attached hydrogen (secondary N) is 1. The van der Waals surface area contributed by atoms with Crippen LogP contribution in [0.2, 0.25) is 0 Å². The highest BCUT2D eigenvalue weighted by Crippen LogP contribution is 2.18. The third-order valence-corrected chi connectivity index (χ3v) is 4.69. The van der Waals surface area contributed by atoms with E-state index >= 15 is 0 Å². The molecule has 26 heavy (non-hydrogen) atoms. The fourth-order valence-corrected chi connectivity index (χ4v) is 3.23. The SMILES string of the molecule is NCCC[C@H](NC(=O)[C@@H](N)Cc1ccccc1)C(=O)N1CCC[C@H]1C=O. The molecular formula is C19H28N4O3. The molecule has 0 unspecified atom stereocenters. The second-order valence-electron chi connectivity index (χ2n) is 6.67. The highest BCUT2D eigenvalue weighted by atomic mass is 16.2. The zero-order valence-electron chi connectivity index (χ0n) is 15.0.